The Kier molecular flexibility index (Phi) is 7.58. The van der Waals surface area contributed by atoms with E-state index in [9.17, 15) is 4.79 Å². The Labute approximate surface area is 183 Å². The molecule has 1 N–H and O–H groups in total. The third-order valence-electron chi connectivity index (χ3n) is 5.29. The van der Waals surface area contributed by atoms with E-state index in [1.54, 1.807) is 7.11 Å². The van der Waals surface area contributed by atoms with Crippen LogP contribution in [-0.2, 0) is 0 Å². The molecular weight excluding hydrogens is 396 g/mol. The SMILES string of the molecule is CCCCCCNC(=O)c1cc(-c2ccc(OC)cc2)n(-c2ccccc2Cl)c1C. The fourth-order valence-corrected chi connectivity index (χ4v) is 3.82. The number of hydrogen-bond acceptors (Lipinski definition) is 2. The maximum absolute atomic E-state index is 12.9. The largest absolute Gasteiger partial charge is 0.497 e. The van der Waals surface area contributed by atoms with Gasteiger partial charge in [-0.1, -0.05) is 49.9 Å². The zero-order valence-corrected chi connectivity index (χ0v) is 18.6. The first kappa shape index (κ1) is 22.0. The number of rotatable bonds is 9. The van der Waals surface area contributed by atoms with Crippen LogP contribution in [0.25, 0.3) is 16.9 Å². The first-order valence-corrected chi connectivity index (χ1v) is 10.8. The van der Waals surface area contributed by atoms with Crippen LogP contribution in [-0.4, -0.2) is 24.1 Å². The lowest BCUT2D eigenvalue weighted by molar-refractivity contribution is 0.0952. The molecule has 2 aromatic carbocycles. The van der Waals surface area contributed by atoms with E-state index in [4.69, 9.17) is 16.3 Å². The Balaban J connectivity index is 1.99. The van der Waals surface area contributed by atoms with Gasteiger partial charge in [-0.15, -0.1) is 0 Å². The van der Waals surface area contributed by atoms with Gasteiger partial charge in [-0.3, -0.25) is 4.79 Å². The Morgan fingerprint density at radius 3 is 2.47 bits per heavy atom. The highest BCUT2D eigenvalue weighted by Gasteiger charge is 2.20. The molecule has 0 aliphatic heterocycles. The Bertz CT molecular complexity index is 993. The Morgan fingerprint density at radius 1 is 1.07 bits per heavy atom. The van der Waals surface area contributed by atoms with Gasteiger partial charge in [0, 0.05) is 12.2 Å². The molecule has 3 rings (SSSR count). The molecule has 0 saturated carbocycles. The summed E-state index contributed by atoms with van der Waals surface area (Å²) in [7, 11) is 1.65. The predicted molar refractivity (Wildman–Crippen MR) is 124 cm³/mol. The van der Waals surface area contributed by atoms with Gasteiger partial charge in [-0.05, 0) is 61.4 Å². The number of halogens is 1. The molecule has 0 bridgehead atoms. The number of unbranched alkanes of at least 4 members (excludes halogenated alkanes) is 3. The summed E-state index contributed by atoms with van der Waals surface area (Å²) >= 11 is 6.52. The molecule has 0 fully saturated rings. The third-order valence-corrected chi connectivity index (χ3v) is 5.61. The Hall–Kier alpha value is -2.72. The van der Waals surface area contributed by atoms with Crippen LogP contribution in [0, 0.1) is 6.92 Å². The average Bonchev–Trinajstić information content (AvgIpc) is 3.11. The molecule has 0 radical (unpaired) electrons. The lowest BCUT2D eigenvalue weighted by Gasteiger charge is -2.14. The molecular formula is C25H29ClN2O2. The fraction of sp³-hybridized carbons (Fsp3) is 0.320. The standard InChI is InChI=1S/C25H29ClN2O2/c1-4-5-6-9-16-27-25(29)21-17-24(19-12-14-20(30-3)15-13-19)28(18(21)2)23-11-8-7-10-22(23)26/h7-8,10-15,17H,4-6,9,16H2,1-3H3,(H,27,29). The highest BCUT2D eigenvalue weighted by Crippen LogP contribution is 2.33. The molecule has 0 aliphatic carbocycles. The third kappa shape index (κ3) is 4.88. The number of aromatic nitrogens is 1. The number of amides is 1. The first-order valence-electron chi connectivity index (χ1n) is 10.5. The van der Waals surface area contributed by atoms with Gasteiger partial charge in [0.15, 0.2) is 0 Å². The van der Waals surface area contributed by atoms with E-state index in [1.165, 1.54) is 12.8 Å². The topological polar surface area (TPSA) is 43.3 Å². The van der Waals surface area contributed by atoms with Gasteiger partial charge in [0.1, 0.15) is 5.75 Å². The molecule has 1 aromatic heterocycles. The van der Waals surface area contributed by atoms with Crippen LogP contribution in [0.2, 0.25) is 5.02 Å². The highest BCUT2D eigenvalue weighted by atomic mass is 35.5. The fourth-order valence-electron chi connectivity index (χ4n) is 3.60. The molecule has 1 heterocycles. The Morgan fingerprint density at radius 2 is 1.80 bits per heavy atom. The summed E-state index contributed by atoms with van der Waals surface area (Å²) in [5, 5.41) is 3.71. The normalized spacial score (nSPS) is 10.8. The highest BCUT2D eigenvalue weighted by molar-refractivity contribution is 6.32. The molecule has 4 nitrogen and oxygen atoms in total. The number of nitrogens with zero attached hydrogens (tertiary/aromatic N) is 1. The van der Waals surface area contributed by atoms with Gasteiger partial charge in [-0.2, -0.15) is 0 Å². The summed E-state index contributed by atoms with van der Waals surface area (Å²) in [5.74, 6) is 0.737. The predicted octanol–water partition coefficient (Wildman–Crippen LogP) is 6.42. The van der Waals surface area contributed by atoms with Crippen molar-refractivity contribution >= 4 is 17.5 Å². The molecule has 158 valence electrons. The number of hydrogen-bond donors (Lipinski definition) is 1. The van der Waals surface area contributed by atoms with Crippen LogP contribution in [0.4, 0.5) is 0 Å². The quantitative estimate of drug-likeness (QED) is 0.402. The van der Waals surface area contributed by atoms with Crippen molar-refractivity contribution in [3.8, 4) is 22.7 Å². The van der Waals surface area contributed by atoms with Crippen LogP contribution < -0.4 is 10.1 Å². The molecule has 30 heavy (non-hydrogen) atoms. The summed E-state index contributed by atoms with van der Waals surface area (Å²) in [4.78, 5) is 12.9. The van der Waals surface area contributed by atoms with Crippen LogP contribution in [0.1, 0.15) is 48.7 Å². The first-order chi connectivity index (χ1) is 14.6. The summed E-state index contributed by atoms with van der Waals surface area (Å²) in [6.45, 7) is 4.83. The van der Waals surface area contributed by atoms with Gasteiger partial charge >= 0.3 is 0 Å². The van der Waals surface area contributed by atoms with Gasteiger partial charge in [0.2, 0.25) is 0 Å². The van der Waals surface area contributed by atoms with E-state index in [-0.39, 0.29) is 5.91 Å². The second-order valence-electron chi connectivity index (χ2n) is 7.36. The zero-order chi connectivity index (χ0) is 21.5. The molecule has 0 aliphatic rings. The summed E-state index contributed by atoms with van der Waals surface area (Å²) in [6, 6.07) is 17.5. The lowest BCUT2D eigenvalue weighted by atomic mass is 10.1. The number of benzene rings is 2. The van der Waals surface area contributed by atoms with Crippen molar-refractivity contribution < 1.29 is 9.53 Å². The zero-order valence-electron chi connectivity index (χ0n) is 17.9. The molecule has 0 spiro atoms. The van der Waals surface area contributed by atoms with Crippen molar-refractivity contribution in [3.05, 3.63) is 70.9 Å². The number of nitrogens with one attached hydrogen (secondary N) is 1. The van der Waals surface area contributed by atoms with Gasteiger partial charge in [0.25, 0.3) is 5.91 Å². The number of ether oxygens (including phenoxy) is 1. The van der Waals surface area contributed by atoms with Gasteiger partial charge in [-0.25, -0.2) is 0 Å². The van der Waals surface area contributed by atoms with E-state index in [0.29, 0.717) is 17.1 Å². The van der Waals surface area contributed by atoms with E-state index in [0.717, 1.165) is 41.2 Å². The van der Waals surface area contributed by atoms with Crippen molar-refractivity contribution in [2.75, 3.05) is 13.7 Å². The van der Waals surface area contributed by atoms with E-state index in [1.807, 2.05) is 61.5 Å². The van der Waals surface area contributed by atoms with Crippen molar-refractivity contribution in [1.29, 1.82) is 0 Å². The summed E-state index contributed by atoms with van der Waals surface area (Å²) in [5.41, 5.74) is 4.28. The van der Waals surface area contributed by atoms with Crippen molar-refractivity contribution in [2.45, 2.75) is 39.5 Å². The molecule has 0 saturated heterocycles. The number of carbonyl (C=O) groups excluding carboxylic acids is 1. The number of methoxy groups -OCH3 is 1. The second kappa shape index (κ2) is 10.4. The van der Waals surface area contributed by atoms with E-state index >= 15 is 0 Å². The number of para-hydroxylation sites is 1. The lowest BCUT2D eigenvalue weighted by Crippen LogP contribution is -2.24. The van der Waals surface area contributed by atoms with E-state index in [2.05, 4.69) is 16.8 Å². The minimum Gasteiger partial charge on any atom is -0.497 e. The van der Waals surface area contributed by atoms with Crippen LogP contribution in [0.3, 0.4) is 0 Å². The smallest absolute Gasteiger partial charge is 0.253 e. The maximum Gasteiger partial charge on any atom is 0.253 e. The van der Waals surface area contributed by atoms with Gasteiger partial charge in [0.05, 0.1) is 29.1 Å². The monoisotopic (exact) mass is 424 g/mol. The molecule has 0 atom stereocenters. The minimum atomic E-state index is -0.0513. The van der Waals surface area contributed by atoms with Crippen molar-refractivity contribution in [1.82, 2.24) is 9.88 Å². The molecule has 1 amide bonds. The van der Waals surface area contributed by atoms with Gasteiger partial charge < -0.3 is 14.6 Å². The summed E-state index contributed by atoms with van der Waals surface area (Å²) in [6.07, 6.45) is 4.50. The number of carbonyl (C=O) groups is 1. The van der Waals surface area contributed by atoms with Crippen molar-refractivity contribution in [2.24, 2.45) is 0 Å². The minimum absolute atomic E-state index is 0.0513. The maximum atomic E-state index is 12.9. The molecule has 0 unspecified atom stereocenters. The second-order valence-corrected chi connectivity index (χ2v) is 7.77. The average molecular weight is 425 g/mol. The van der Waals surface area contributed by atoms with E-state index < -0.39 is 0 Å². The molecule has 5 heteroatoms. The summed E-state index contributed by atoms with van der Waals surface area (Å²) < 4.78 is 7.34. The molecule has 3 aromatic rings. The van der Waals surface area contributed by atoms with Crippen molar-refractivity contribution in [3.63, 3.8) is 0 Å². The van der Waals surface area contributed by atoms with Crippen LogP contribution >= 0.6 is 11.6 Å². The van der Waals surface area contributed by atoms with Crippen LogP contribution in [0.15, 0.2) is 54.6 Å². The van der Waals surface area contributed by atoms with Crippen LogP contribution in [0.5, 0.6) is 5.75 Å².